The Bertz CT molecular complexity index is 589. The van der Waals surface area contributed by atoms with Crippen LogP contribution in [0.1, 0.15) is 31.2 Å². The molecule has 0 saturated carbocycles. The van der Waals surface area contributed by atoms with Gasteiger partial charge in [-0.2, -0.15) is 0 Å². The summed E-state index contributed by atoms with van der Waals surface area (Å²) < 4.78 is 0. The lowest BCUT2D eigenvalue weighted by molar-refractivity contribution is 0.831. The van der Waals surface area contributed by atoms with Gasteiger partial charge in [0.15, 0.2) is 5.82 Å². The standard InChI is InChI=1S/C12H15N5/c1-4-7-5-8-9(6(2)3)16-12(14)17-10(8)11(13)15-7/h4-6H,1H2,2-3H3,(H2,13,15)(H2,14,16,17). The molecule has 4 N–H and O–H groups in total. The van der Waals surface area contributed by atoms with Gasteiger partial charge in [0.2, 0.25) is 5.95 Å². The molecule has 5 heteroatoms. The number of pyridine rings is 1. The van der Waals surface area contributed by atoms with Crippen molar-refractivity contribution in [2.75, 3.05) is 11.5 Å². The Morgan fingerprint density at radius 1 is 1.24 bits per heavy atom. The lowest BCUT2D eigenvalue weighted by Crippen LogP contribution is -2.05. The molecule has 0 aliphatic carbocycles. The largest absolute Gasteiger partial charge is 0.382 e. The minimum Gasteiger partial charge on any atom is -0.382 e. The number of nitrogen functional groups attached to an aromatic ring is 2. The molecule has 2 aromatic heterocycles. The highest BCUT2D eigenvalue weighted by molar-refractivity contribution is 5.91. The van der Waals surface area contributed by atoms with E-state index in [1.807, 2.05) is 19.9 Å². The van der Waals surface area contributed by atoms with Crippen LogP contribution in [0.5, 0.6) is 0 Å². The van der Waals surface area contributed by atoms with Crippen LogP contribution in [0.4, 0.5) is 11.8 Å². The van der Waals surface area contributed by atoms with Crippen molar-refractivity contribution in [3.05, 3.63) is 24.0 Å². The first-order chi connectivity index (χ1) is 8.02. The third-order valence-corrected chi connectivity index (χ3v) is 2.53. The molecule has 17 heavy (non-hydrogen) atoms. The van der Waals surface area contributed by atoms with E-state index in [0.717, 1.165) is 11.1 Å². The van der Waals surface area contributed by atoms with Crippen LogP contribution in [-0.2, 0) is 0 Å². The van der Waals surface area contributed by atoms with Crippen molar-refractivity contribution in [1.29, 1.82) is 0 Å². The predicted molar refractivity (Wildman–Crippen MR) is 70.3 cm³/mol. The molecule has 0 atom stereocenters. The summed E-state index contributed by atoms with van der Waals surface area (Å²) in [5, 5.41) is 0.886. The summed E-state index contributed by atoms with van der Waals surface area (Å²) in [5.41, 5.74) is 13.7. The van der Waals surface area contributed by atoms with Crippen LogP contribution in [0.2, 0.25) is 0 Å². The van der Waals surface area contributed by atoms with Crippen molar-refractivity contribution in [2.45, 2.75) is 19.8 Å². The third kappa shape index (κ3) is 1.91. The van der Waals surface area contributed by atoms with Gasteiger partial charge in [0, 0.05) is 5.39 Å². The minimum atomic E-state index is 0.223. The number of aromatic nitrogens is 3. The van der Waals surface area contributed by atoms with E-state index in [1.54, 1.807) is 6.08 Å². The quantitative estimate of drug-likeness (QED) is 0.821. The van der Waals surface area contributed by atoms with E-state index in [2.05, 4.69) is 21.5 Å². The number of nitrogens with two attached hydrogens (primary N) is 2. The van der Waals surface area contributed by atoms with Gasteiger partial charge in [-0.15, -0.1) is 0 Å². The Morgan fingerprint density at radius 3 is 2.53 bits per heavy atom. The topological polar surface area (TPSA) is 90.7 Å². The molecule has 0 aromatic carbocycles. The number of anilines is 2. The summed E-state index contributed by atoms with van der Waals surface area (Å²) in [7, 11) is 0. The first-order valence-corrected chi connectivity index (χ1v) is 5.39. The van der Waals surface area contributed by atoms with Crippen molar-refractivity contribution in [3.8, 4) is 0 Å². The monoisotopic (exact) mass is 229 g/mol. The number of rotatable bonds is 2. The molecule has 2 rings (SSSR count). The van der Waals surface area contributed by atoms with E-state index in [1.165, 1.54) is 0 Å². The van der Waals surface area contributed by atoms with Crippen LogP contribution in [-0.4, -0.2) is 15.0 Å². The molecule has 88 valence electrons. The molecular formula is C12H15N5. The second kappa shape index (κ2) is 4.01. The van der Waals surface area contributed by atoms with Crippen molar-refractivity contribution in [3.63, 3.8) is 0 Å². The fraction of sp³-hybridized carbons (Fsp3) is 0.250. The Kier molecular flexibility index (Phi) is 2.67. The molecule has 2 heterocycles. The molecule has 0 aliphatic rings. The first-order valence-electron chi connectivity index (χ1n) is 5.39. The number of hydrogen-bond donors (Lipinski definition) is 2. The molecule has 0 bridgehead atoms. The van der Waals surface area contributed by atoms with Gasteiger partial charge < -0.3 is 11.5 Å². The van der Waals surface area contributed by atoms with E-state index < -0.39 is 0 Å². The molecule has 0 amide bonds. The van der Waals surface area contributed by atoms with E-state index in [0.29, 0.717) is 17.0 Å². The van der Waals surface area contributed by atoms with Crippen LogP contribution < -0.4 is 11.5 Å². The molecule has 0 spiro atoms. The lowest BCUT2D eigenvalue weighted by Gasteiger charge is -2.11. The van der Waals surface area contributed by atoms with Crippen molar-refractivity contribution >= 4 is 28.7 Å². The Labute approximate surface area is 99.6 Å². The molecule has 2 aromatic rings. The third-order valence-electron chi connectivity index (χ3n) is 2.53. The van der Waals surface area contributed by atoms with Gasteiger partial charge in [-0.3, -0.25) is 0 Å². The van der Waals surface area contributed by atoms with Gasteiger partial charge in [0.1, 0.15) is 5.52 Å². The summed E-state index contributed by atoms with van der Waals surface area (Å²) in [6.45, 7) is 7.78. The normalized spacial score (nSPS) is 11.0. The fourth-order valence-electron chi connectivity index (χ4n) is 1.76. The molecule has 0 aliphatic heterocycles. The van der Waals surface area contributed by atoms with Gasteiger partial charge in [-0.1, -0.05) is 20.4 Å². The summed E-state index contributed by atoms with van der Waals surface area (Å²) in [4.78, 5) is 12.6. The van der Waals surface area contributed by atoms with Crippen molar-refractivity contribution in [2.24, 2.45) is 0 Å². The maximum atomic E-state index is 5.87. The summed E-state index contributed by atoms with van der Waals surface area (Å²) >= 11 is 0. The number of hydrogen-bond acceptors (Lipinski definition) is 5. The van der Waals surface area contributed by atoms with Crippen molar-refractivity contribution < 1.29 is 0 Å². The Balaban J connectivity index is 2.89. The van der Waals surface area contributed by atoms with E-state index in [9.17, 15) is 0 Å². The average Bonchev–Trinajstić information content (AvgIpc) is 2.28. The maximum absolute atomic E-state index is 5.87. The molecule has 0 unspecified atom stereocenters. The van der Waals surface area contributed by atoms with Gasteiger partial charge in [-0.05, 0) is 18.1 Å². The summed E-state index contributed by atoms with van der Waals surface area (Å²) in [6.07, 6.45) is 1.65. The van der Waals surface area contributed by atoms with Crippen molar-refractivity contribution in [1.82, 2.24) is 15.0 Å². The van der Waals surface area contributed by atoms with Crippen LogP contribution in [0.15, 0.2) is 12.6 Å². The zero-order valence-electron chi connectivity index (χ0n) is 9.94. The Hall–Kier alpha value is -2.17. The SMILES string of the molecule is C=Cc1cc2c(C(C)C)nc(N)nc2c(N)n1. The molecule has 0 radical (unpaired) electrons. The van der Waals surface area contributed by atoms with Gasteiger partial charge in [0.05, 0.1) is 11.4 Å². The number of nitrogens with zero attached hydrogens (tertiary/aromatic N) is 3. The molecule has 5 nitrogen and oxygen atoms in total. The molecule has 0 fully saturated rings. The minimum absolute atomic E-state index is 0.223. The van der Waals surface area contributed by atoms with Gasteiger partial charge in [-0.25, -0.2) is 15.0 Å². The summed E-state index contributed by atoms with van der Waals surface area (Å²) in [5.74, 6) is 0.816. The second-order valence-electron chi connectivity index (χ2n) is 4.15. The van der Waals surface area contributed by atoms with Gasteiger partial charge >= 0.3 is 0 Å². The van der Waals surface area contributed by atoms with E-state index in [-0.39, 0.29) is 11.9 Å². The lowest BCUT2D eigenvalue weighted by atomic mass is 10.0. The second-order valence-corrected chi connectivity index (χ2v) is 4.15. The predicted octanol–water partition coefficient (Wildman–Crippen LogP) is 1.96. The van der Waals surface area contributed by atoms with E-state index >= 15 is 0 Å². The highest BCUT2D eigenvalue weighted by Gasteiger charge is 2.13. The zero-order chi connectivity index (χ0) is 12.6. The first kappa shape index (κ1) is 11.3. The highest BCUT2D eigenvalue weighted by atomic mass is 15.0. The molecular weight excluding hydrogens is 214 g/mol. The zero-order valence-corrected chi connectivity index (χ0v) is 9.94. The number of fused-ring (bicyclic) bond motifs is 1. The maximum Gasteiger partial charge on any atom is 0.220 e. The van der Waals surface area contributed by atoms with Crippen LogP contribution in [0, 0.1) is 0 Å². The smallest absolute Gasteiger partial charge is 0.220 e. The van der Waals surface area contributed by atoms with Crippen LogP contribution in [0.3, 0.4) is 0 Å². The molecule has 0 saturated heterocycles. The average molecular weight is 229 g/mol. The summed E-state index contributed by atoms with van der Waals surface area (Å²) in [6, 6.07) is 1.88. The van der Waals surface area contributed by atoms with Crippen LogP contribution >= 0.6 is 0 Å². The Morgan fingerprint density at radius 2 is 1.94 bits per heavy atom. The van der Waals surface area contributed by atoms with E-state index in [4.69, 9.17) is 11.5 Å². The van der Waals surface area contributed by atoms with Gasteiger partial charge in [0.25, 0.3) is 0 Å². The van der Waals surface area contributed by atoms with Crippen LogP contribution in [0.25, 0.3) is 17.0 Å². The fourth-order valence-corrected chi connectivity index (χ4v) is 1.76. The highest BCUT2D eigenvalue weighted by Crippen LogP contribution is 2.27.